The highest BCUT2D eigenvalue weighted by atomic mass is 32.1. The highest BCUT2D eigenvalue weighted by molar-refractivity contribution is 7.13. The number of urea groups is 1. The van der Waals surface area contributed by atoms with Crippen molar-refractivity contribution in [2.45, 2.75) is 25.7 Å². The standard InChI is InChI=1S/C24H28N4O2S/c25-24(29)26-20-9-5-18(6-10-20)22-17-31-23(27-22)19-7-11-21(12-8-19)30-16-4-15-28-13-2-1-3-14-28/h5-12,17H,1-4,13-16H2,(H3,25,26,29). The summed E-state index contributed by atoms with van der Waals surface area (Å²) in [6.07, 6.45) is 5.10. The SMILES string of the molecule is NC(=O)Nc1ccc(-c2csc(-c3ccc(OCCCN4CCCCC4)cc3)n2)cc1. The maximum absolute atomic E-state index is 10.9. The molecule has 2 heterocycles. The van der Waals surface area contributed by atoms with Crippen molar-refractivity contribution in [3.05, 3.63) is 53.9 Å². The number of piperidine rings is 1. The predicted molar refractivity (Wildman–Crippen MR) is 127 cm³/mol. The minimum Gasteiger partial charge on any atom is -0.494 e. The number of nitrogens with zero attached hydrogens (tertiary/aromatic N) is 2. The number of nitrogens with one attached hydrogen (secondary N) is 1. The molecule has 31 heavy (non-hydrogen) atoms. The van der Waals surface area contributed by atoms with Gasteiger partial charge in [0.25, 0.3) is 0 Å². The minimum absolute atomic E-state index is 0.571. The number of nitrogens with two attached hydrogens (primary N) is 1. The molecule has 4 rings (SSSR count). The fourth-order valence-corrected chi connectivity index (χ4v) is 4.60. The van der Waals surface area contributed by atoms with Crippen LogP contribution in [0.25, 0.3) is 21.8 Å². The average Bonchev–Trinajstić information content (AvgIpc) is 3.28. The van der Waals surface area contributed by atoms with E-state index in [1.54, 1.807) is 11.3 Å². The van der Waals surface area contributed by atoms with Crippen molar-refractivity contribution in [3.63, 3.8) is 0 Å². The van der Waals surface area contributed by atoms with Crippen molar-refractivity contribution < 1.29 is 9.53 Å². The van der Waals surface area contributed by atoms with Crippen molar-refractivity contribution in [1.29, 1.82) is 0 Å². The summed E-state index contributed by atoms with van der Waals surface area (Å²) in [6.45, 7) is 4.34. The van der Waals surface area contributed by atoms with Gasteiger partial charge in [0.05, 0.1) is 12.3 Å². The monoisotopic (exact) mass is 436 g/mol. The van der Waals surface area contributed by atoms with E-state index in [0.717, 1.165) is 47.2 Å². The zero-order valence-corrected chi connectivity index (χ0v) is 18.4. The van der Waals surface area contributed by atoms with E-state index in [0.29, 0.717) is 5.69 Å². The Bertz CT molecular complexity index is 980. The molecule has 6 nitrogen and oxygen atoms in total. The Morgan fingerprint density at radius 2 is 1.74 bits per heavy atom. The van der Waals surface area contributed by atoms with Gasteiger partial charge < -0.3 is 20.7 Å². The number of primary amides is 1. The van der Waals surface area contributed by atoms with E-state index in [9.17, 15) is 4.79 Å². The van der Waals surface area contributed by atoms with Crippen LogP contribution in [0, 0.1) is 0 Å². The number of hydrogen-bond acceptors (Lipinski definition) is 5. The van der Waals surface area contributed by atoms with Crippen LogP contribution >= 0.6 is 11.3 Å². The molecule has 1 aliphatic rings. The molecule has 1 aliphatic heterocycles. The fourth-order valence-electron chi connectivity index (χ4n) is 3.76. The molecule has 3 N–H and O–H groups in total. The molecular weight excluding hydrogens is 408 g/mol. The fraction of sp³-hybridized carbons (Fsp3) is 0.333. The lowest BCUT2D eigenvalue weighted by Crippen LogP contribution is -2.31. The van der Waals surface area contributed by atoms with E-state index in [2.05, 4.69) is 22.3 Å². The number of thiazole rings is 1. The lowest BCUT2D eigenvalue weighted by molar-refractivity contribution is 0.205. The molecule has 0 radical (unpaired) electrons. The van der Waals surface area contributed by atoms with Gasteiger partial charge in [0.15, 0.2) is 0 Å². The molecular formula is C24H28N4O2S. The van der Waals surface area contributed by atoms with Crippen LogP contribution in [0.15, 0.2) is 53.9 Å². The number of aromatic nitrogens is 1. The number of hydrogen-bond donors (Lipinski definition) is 2. The summed E-state index contributed by atoms with van der Waals surface area (Å²) in [5, 5.41) is 5.56. The highest BCUT2D eigenvalue weighted by Gasteiger charge is 2.10. The first-order valence-electron chi connectivity index (χ1n) is 10.8. The molecule has 0 unspecified atom stereocenters. The molecule has 1 saturated heterocycles. The van der Waals surface area contributed by atoms with E-state index in [1.165, 1.54) is 32.4 Å². The van der Waals surface area contributed by atoms with Crippen molar-refractivity contribution in [2.75, 3.05) is 31.6 Å². The molecule has 2 aromatic carbocycles. The maximum atomic E-state index is 10.9. The minimum atomic E-state index is -0.571. The van der Waals surface area contributed by atoms with Crippen molar-refractivity contribution >= 4 is 23.1 Å². The zero-order chi connectivity index (χ0) is 21.5. The second-order valence-corrected chi connectivity index (χ2v) is 8.59. The lowest BCUT2D eigenvalue weighted by atomic mass is 10.1. The molecule has 1 aromatic heterocycles. The van der Waals surface area contributed by atoms with Crippen LogP contribution in [0.2, 0.25) is 0 Å². The van der Waals surface area contributed by atoms with Crippen LogP contribution < -0.4 is 15.8 Å². The molecule has 2 amide bonds. The van der Waals surface area contributed by atoms with E-state index in [-0.39, 0.29) is 0 Å². The van der Waals surface area contributed by atoms with Gasteiger partial charge in [-0.3, -0.25) is 0 Å². The first-order valence-corrected chi connectivity index (χ1v) is 11.6. The Hall–Kier alpha value is -2.90. The average molecular weight is 437 g/mol. The number of rotatable bonds is 8. The summed E-state index contributed by atoms with van der Waals surface area (Å²) >= 11 is 1.61. The number of benzene rings is 2. The van der Waals surface area contributed by atoms with Crippen LogP contribution in [0.5, 0.6) is 5.75 Å². The molecule has 162 valence electrons. The van der Waals surface area contributed by atoms with Gasteiger partial charge in [-0.05, 0) is 68.8 Å². The zero-order valence-electron chi connectivity index (χ0n) is 17.5. The van der Waals surface area contributed by atoms with Gasteiger partial charge in [-0.1, -0.05) is 18.6 Å². The van der Waals surface area contributed by atoms with Crippen LogP contribution in [-0.2, 0) is 0 Å². The summed E-state index contributed by atoms with van der Waals surface area (Å²) < 4.78 is 5.92. The van der Waals surface area contributed by atoms with Gasteiger partial charge in [-0.15, -0.1) is 11.3 Å². The normalized spacial score (nSPS) is 14.3. The van der Waals surface area contributed by atoms with Gasteiger partial charge in [0.2, 0.25) is 0 Å². The molecule has 0 spiro atoms. The molecule has 0 aliphatic carbocycles. The molecule has 0 bridgehead atoms. The van der Waals surface area contributed by atoms with Crippen LogP contribution in [0.1, 0.15) is 25.7 Å². The number of ether oxygens (including phenoxy) is 1. The largest absolute Gasteiger partial charge is 0.494 e. The van der Waals surface area contributed by atoms with Gasteiger partial charge >= 0.3 is 6.03 Å². The Kier molecular flexibility index (Phi) is 7.17. The summed E-state index contributed by atoms with van der Waals surface area (Å²) in [4.78, 5) is 18.2. The predicted octanol–water partition coefficient (Wildman–Crippen LogP) is 5.22. The quantitative estimate of drug-likeness (QED) is 0.474. The number of anilines is 1. The first kappa shape index (κ1) is 21.3. The molecule has 7 heteroatoms. The van der Waals surface area contributed by atoms with Crippen molar-refractivity contribution in [2.24, 2.45) is 5.73 Å². The van der Waals surface area contributed by atoms with Gasteiger partial charge in [0.1, 0.15) is 10.8 Å². The third-order valence-corrected chi connectivity index (χ3v) is 6.28. The third kappa shape index (κ3) is 6.06. The topological polar surface area (TPSA) is 80.5 Å². The summed E-state index contributed by atoms with van der Waals surface area (Å²) in [7, 11) is 0. The highest BCUT2D eigenvalue weighted by Crippen LogP contribution is 2.30. The van der Waals surface area contributed by atoms with Crippen LogP contribution in [0.3, 0.4) is 0 Å². The molecule has 3 aromatic rings. The number of likely N-dealkylation sites (tertiary alicyclic amines) is 1. The van der Waals surface area contributed by atoms with Gasteiger partial charge in [0, 0.05) is 28.7 Å². The third-order valence-electron chi connectivity index (χ3n) is 5.39. The van der Waals surface area contributed by atoms with E-state index < -0.39 is 6.03 Å². The van der Waals surface area contributed by atoms with Crippen LogP contribution in [-0.4, -0.2) is 42.2 Å². The number of amides is 2. The number of carbonyl (C=O) groups is 1. The van der Waals surface area contributed by atoms with Crippen molar-refractivity contribution in [3.8, 4) is 27.6 Å². The van der Waals surface area contributed by atoms with E-state index in [4.69, 9.17) is 15.5 Å². The summed E-state index contributed by atoms with van der Waals surface area (Å²) in [5.41, 5.74) is 8.78. The number of carbonyl (C=O) groups excluding carboxylic acids is 1. The molecule has 0 saturated carbocycles. The maximum Gasteiger partial charge on any atom is 0.316 e. The Morgan fingerprint density at radius 3 is 2.45 bits per heavy atom. The summed E-state index contributed by atoms with van der Waals surface area (Å²) in [5.74, 6) is 0.900. The first-order chi connectivity index (χ1) is 15.2. The van der Waals surface area contributed by atoms with Crippen LogP contribution in [0.4, 0.5) is 10.5 Å². The second kappa shape index (κ2) is 10.4. The Labute approximate surface area is 187 Å². The second-order valence-electron chi connectivity index (χ2n) is 7.73. The lowest BCUT2D eigenvalue weighted by Gasteiger charge is -2.26. The van der Waals surface area contributed by atoms with Crippen molar-refractivity contribution in [1.82, 2.24) is 9.88 Å². The molecule has 1 fully saturated rings. The Morgan fingerprint density at radius 1 is 1.03 bits per heavy atom. The van der Waals surface area contributed by atoms with E-state index in [1.807, 2.05) is 41.8 Å². The smallest absolute Gasteiger partial charge is 0.316 e. The molecule has 0 atom stereocenters. The van der Waals surface area contributed by atoms with Gasteiger partial charge in [-0.25, -0.2) is 9.78 Å². The van der Waals surface area contributed by atoms with Gasteiger partial charge in [-0.2, -0.15) is 0 Å². The Balaban J connectivity index is 1.30. The summed E-state index contributed by atoms with van der Waals surface area (Å²) in [6, 6.07) is 15.1. The van der Waals surface area contributed by atoms with E-state index >= 15 is 0 Å².